The first-order valence-corrected chi connectivity index (χ1v) is 7.08. The third-order valence-corrected chi connectivity index (χ3v) is 3.08. The van der Waals surface area contributed by atoms with E-state index in [1.54, 1.807) is 37.5 Å². The van der Waals surface area contributed by atoms with Crippen molar-refractivity contribution in [2.24, 2.45) is 0 Å². The predicted molar refractivity (Wildman–Crippen MR) is 83.0 cm³/mol. The molecule has 0 spiro atoms. The fourth-order valence-corrected chi connectivity index (χ4v) is 1.95. The van der Waals surface area contributed by atoms with Crippen molar-refractivity contribution < 1.29 is 22.7 Å². The van der Waals surface area contributed by atoms with Crippen molar-refractivity contribution in [3.8, 4) is 5.75 Å². The van der Waals surface area contributed by atoms with E-state index in [0.29, 0.717) is 5.56 Å². The van der Waals surface area contributed by atoms with Gasteiger partial charge < -0.3 is 10.1 Å². The Morgan fingerprint density at radius 1 is 1.25 bits per heavy atom. The zero-order valence-corrected chi connectivity index (χ0v) is 12.7. The number of carbonyl (C=O) groups is 1. The fraction of sp³-hybridized carbons (Fsp3) is 0.176. The van der Waals surface area contributed by atoms with Gasteiger partial charge in [0.15, 0.2) is 0 Å². The van der Waals surface area contributed by atoms with Crippen molar-refractivity contribution in [3.63, 3.8) is 0 Å². The Hall–Kier alpha value is -2.83. The molecule has 2 rings (SSSR count). The van der Waals surface area contributed by atoms with E-state index < -0.39 is 6.36 Å². The van der Waals surface area contributed by atoms with Gasteiger partial charge in [0.1, 0.15) is 5.75 Å². The smallest absolute Gasteiger partial charge is 0.406 e. The van der Waals surface area contributed by atoms with Gasteiger partial charge in [-0.1, -0.05) is 18.2 Å². The first-order valence-electron chi connectivity index (χ1n) is 7.08. The number of hydrogen-bond donors (Lipinski definition) is 1. The van der Waals surface area contributed by atoms with E-state index in [9.17, 15) is 18.0 Å². The number of carbonyl (C=O) groups excluding carboxylic acids is 1. The van der Waals surface area contributed by atoms with Crippen LogP contribution in [-0.4, -0.2) is 17.3 Å². The van der Waals surface area contributed by atoms with Crippen molar-refractivity contribution in [2.45, 2.75) is 19.3 Å². The van der Waals surface area contributed by atoms with Gasteiger partial charge in [-0.2, -0.15) is 0 Å². The van der Waals surface area contributed by atoms with E-state index in [1.807, 2.05) is 0 Å². The van der Waals surface area contributed by atoms with Gasteiger partial charge in [0.05, 0.1) is 6.04 Å². The van der Waals surface area contributed by atoms with Gasteiger partial charge in [-0.25, -0.2) is 0 Å². The third kappa shape index (κ3) is 5.75. The van der Waals surface area contributed by atoms with Gasteiger partial charge >= 0.3 is 6.36 Å². The lowest BCUT2D eigenvalue weighted by Crippen LogP contribution is -2.24. The number of benzene rings is 1. The zero-order valence-electron chi connectivity index (χ0n) is 12.7. The van der Waals surface area contributed by atoms with Crippen LogP contribution >= 0.6 is 0 Å². The predicted octanol–water partition coefficient (Wildman–Crippen LogP) is 3.87. The van der Waals surface area contributed by atoms with Crippen LogP contribution in [0.15, 0.2) is 54.9 Å². The van der Waals surface area contributed by atoms with Crippen LogP contribution in [0.4, 0.5) is 13.2 Å². The number of nitrogens with zero attached hydrogens (tertiary/aromatic N) is 1. The molecule has 1 aromatic heterocycles. The van der Waals surface area contributed by atoms with Crippen molar-refractivity contribution in [1.82, 2.24) is 10.3 Å². The number of alkyl halides is 3. The summed E-state index contributed by atoms with van der Waals surface area (Å²) in [6, 6.07) is 8.54. The van der Waals surface area contributed by atoms with Crippen molar-refractivity contribution in [3.05, 3.63) is 66.0 Å². The van der Waals surface area contributed by atoms with E-state index in [1.165, 1.54) is 30.3 Å². The van der Waals surface area contributed by atoms with E-state index in [2.05, 4.69) is 15.0 Å². The lowest BCUT2D eigenvalue weighted by molar-refractivity contribution is -0.274. The summed E-state index contributed by atoms with van der Waals surface area (Å²) in [4.78, 5) is 15.8. The summed E-state index contributed by atoms with van der Waals surface area (Å²) >= 11 is 0. The molecule has 1 aromatic carbocycles. The lowest BCUT2D eigenvalue weighted by Gasteiger charge is -2.14. The average Bonchev–Trinajstić information content (AvgIpc) is 2.53. The lowest BCUT2D eigenvalue weighted by atomic mass is 10.1. The van der Waals surface area contributed by atoms with Gasteiger partial charge in [0, 0.05) is 18.5 Å². The first-order chi connectivity index (χ1) is 11.3. The molecule has 1 N–H and O–H groups in total. The second-order valence-electron chi connectivity index (χ2n) is 4.97. The van der Waals surface area contributed by atoms with Crippen LogP contribution in [-0.2, 0) is 4.79 Å². The van der Waals surface area contributed by atoms with E-state index in [4.69, 9.17) is 0 Å². The highest BCUT2D eigenvalue weighted by Crippen LogP contribution is 2.24. The van der Waals surface area contributed by atoms with Crippen molar-refractivity contribution >= 4 is 12.0 Å². The Morgan fingerprint density at radius 2 is 1.96 bits per heavy atom. The van der Waals surface area contributed by atoms with Gasteiger partial charge in [-0.3, -0.25) is 9.78 Å². The average molecular weight is 336 g/mol. The van der Waals surface area contributed by atoms with Crippen molar-refractivity contribution in [2.75, 3.05) is 0 Å². The van der Waals surface area contributed by atoms with Crippen LogP contribution in [0.2, 0.25) is 0 Å². The summed E-state index contributed by atoms with van der Waals surface area (Å²) in [5.74, 6) is -0.622. The van der Waals surface area contributed by atoms with Gasteiger partial charge in [0.25, 0.3) is 0 Å². The highest BCUT2D eigenvalue weighted by atomic mass is 19.4. The highest BCUT2D eigenvalue weighted by molar-refractivity contribution is 5.91. The summed E-state index contributed by atoms with van der Waals surface area (Å²) in [6.07, 6.45) is 1.51. The molecule has 0 saturated heterocycles. The SMILES string of the molecule is CC(NC(=O)C=Cc1cccnc1)c1ccc(OC(F)(F)F)cc1. The van der Waals surface area contributed by atoms with Gasteiger partial charge in [-0.05, 0) is 42.3 Å². The minimum Gasteiger partial charge on any atom is -0.406 e. The molecule has 2 aromatic rings. The van der Waals surface area contributed by atoms with Crippen LogP contribution < -0.4 is 10.1 Å². The molecule has 0 bridgehead atoms. The maximum absolute atomic E-state index is 12.1. The van der Waals surface area contributed by atoms with Crippen LogP contribution in [0, 0.1) is 0 Å². The Balaban J connectivity index is 1.93. The molecule has 0 aliphatic heterocycles. The Labute approximate surface area is 137 Å². The normalized spacial score (nSPS) is 12.8. The number of pyridine rings is 1. The zero-order chi connectivity index (χ0) is 17.6. The largest absolute Gasteiger partial charge is 0.573 e. The molecule has 4 nitrogen and oxygen atoms in total. The van der Waals surface area contributed by atoms with E-state index >= 15 is 0 Å². The molecule has 7 heteroatoms. The highest BCUT2D eigenvalue weighted by Gasteiger charge is 2.31. The molecule has 1 amide bonds. The van der Waals surface area contributed by atoms with Crippen molar-refractivity contribution in [1.29, 1.82) is 0 Å². The molecule has 1 unspecified atom stereocenters. The number of nitrogens with one attached hydrogen (secondary N) is 1. The number of hydrogen-bond acceptors (Lipinski definition) is 3. The van der Waals surface area contributed by atoms with Gasteiger partial charge in [0.2, 0.25) is 5.91 Å². The molecule has 0 saturated carbocycles. The first kappa shape index (κ1) is 17.5. The molecule has 0 aliphatic rings. The summed E-state index contributed by atoms with van der Waals surface area (Å²) < 4.78 is 40.1. The minimum absolute atomic E-state index is 0.304. The molecular weight excluding hydrogens is 321 g/mol. The maximum atomic E-state index is 12.1. The quantitative estimate of drug-likeness (QED) is 0.843. The number of amides is 1. The minimum atomic E-state index is -4.72. The van der Waals surface area contributed by atoms with Crippen LogP contribution in [0.25, 0.3) is 6.08 Å². The number of ether oxygens (including phenoxy) is 1. The van der Waals surface area contributed by atoms with Gasteiger partial charge in [-0.15, -0.1) is 13.2 Å². The summed E-state index contributed by atoms with van der Waals surface area (Å²) in [5, 5.41) is 2.72. The van der Waals surface area contributed by atoms with Crippen LogP contribution in [0.1, 0.15) is 24.1 Å². The second kappa shape index (κ2) is 7.63. The number of rotatable bonds is 5. The third-order valence-electron chi connectivity index (χ3n) is 3.08. The molecule has 0 fully saturated rings. The van der Waals surface area contributed by atoms with Crippen LogP contribution in [0.5, 0.6) is 5.75 Å². The molecule has 24 heavy (non-hydrogen) atoms. The Morgan fingerprint density at radius 3 is 2.54 bits per heavy atom. The van der Waals surface area contributed by atoms with E-state index in [-0.39, 0.29) is 17.7 Å². The molecule has 0 aliphatic carbocycles. The summed E-state index contributed by atoms with van der Waals surface area (Å²) in [5.41, 5.74) is 1.45. The fourth-order valence-electron chi connectivity index (χ4n) is 1.95. The molecule has 0 radical (unpaired) electrons. The van der Waals surface area contributed by atoms with E-state index in [0.717, 1.165) is 5.56 Å². The molecular formula is C17H15F3N2O2. The monoisotopic (exact) mass is 336 g/mol. The topological polar surface area (TPSA) is 51.2 Å². The number of halogens is 3. The maximum Gasteiger partial charge on any atom is 0.573 e. The molecule has 1 heterocycles. The Kier molecular flexibility index (Phi) is 5.57. The Bertz CT molecular complexity index is 698. The van der Waals surface area contributed by atoms with Crippen LogP contribution in [0.3, 0.4) is 0 Å². The number of aromatic nitrogens is 1. The summed E-state index contributed by atoms with van der Waals surface area (Å²) in [6.45, 7) is 1.73. The molecule has 126 valence electrons. The molecule has 1 atom stereocenters. The second-order valence-corrected chi connectivity index (χ2v) is 4.97. The standard InChI is InChI=1S/C17H15F3N2O2/c1-12(14-5-7-15(8-6-14)24-17(18,19)20)22-16(23)9-4-13-3-2-10-21-11-13/h2-12H,1H3,(H,22,23). The summed E-state index contributed by atoms with van der Waals surface area (Å²) in [7, 11) is 0.